The SMILES string of the molecule is COc1cc(Nc2ccc(NC(=O)Nc3ccccc3)nc2)cc(OC)c1OC. The molecular formula is C21H22N4O4. The number of nitrogens with one attached hydrogen (secondary N) is 3. The van der Waals surface area contributed by atoms with Gasteiger partial charge in [0.1, 0.15) is 5.82 Å². The minimum Gasteiger partial charge on any atom is -0.493 e. The monoisotopic (exact) mass is 394 g/mol. The van der Waals surface area contributed by atoms with Crippen molar-refractivity contribution in [2.24, 2.45) is 0 Å². The van der Waals surface area contributed by atoms with Gasteiger partial charge in [0.2, 0.25) is 5.75 Å². The van der Waals surface area contributed by atoms with Gasteiger partial charge < -0.3 is 24.8 Å². The van der Waals surface area contributed by atoms with Crippen molar-refractivity contribution in [2.45, 2.75) is 0 Å². The molecule has 0 aliphatic rings. The van der Waals surface area contributed by atoms with E-state index in [1.807, 2.05) is 18.2 Å². The molecule has 8 nitrogen and oxygen atoms in total. The summed E-state index contributed by atoms with van der Waals surface area (Å²) in [6, 6.07) is 15.9. The number of benzene rings is 2. The van der Waals surface area contributed by atoms with E-state index >= 15 is 0 Å². The Kier molecular flexibility index (Phi) is 6.36. The molecule has 8 heteroatoms. The Balaban J connectivity index is 1.67. The molecule has 0 fully saturated rings. The molecule has 1 heterocycles. The number of methoxy groups -OCH3 is 3. The largest absolute Gasteiger partial charge is 0.493 e. The van der Waals surface area contributed by atoms with E-state index in [9.17, 15) is 4.79 Å². The molecule has 0 bridgehead atoms. The fraction of sp³-hybridized carbons (Fsp3) is 0.143. The number of para-hydroxylation sites is 1. The van der Waals surface area contributed by atoms with Crippen molar-refractivity contribution in [3.8, 4) is 17.2 Å². The van der Waals surface area contributed by atoms with Crippen LogP contribution >= 0.6 is 0 Å². The molecule has 0 radical (unpaired) electrons. The number of amides is 2. The van der Waals surface area contributed by atoms with Crippen molar-refractivity contribution >= 4 is 28.9 Å². The zero-order valence-corrected chi connectivity index (χ0v) is 16.4. The predicted molar refractivity (Wildman–Crippen MR) is 113 cm³/mol. The average Bonchev–Trinajstić information content (AvgIpc) is 2.75. The lowest BCUT2D eigenvalue weighted by atomic mass is 10.2. The van der Waals surface area contributed by atoms with Crippen molar-refractivity contribution in [2.75, 3.05) is 37.3 Å². The molecule has 0 unspecified atom stereocenters. The fourth-order valence-electron chi connectivity index (χ4n) is 2.66. The topological polar surface area (TPSA) is 93.7 Å². The third kappa shape index (κ3) is 5.07. The lowest BCUT2D eigenvalue weighted by Crippen LogP contribution is -2.19. The van der Waals surface area contributed by atoms with Gasteiger partial charge in [-0.25, -0.2) is 9.78 Å². The summed E-state index contributed by atoms with van der Waals surface area (Å²) in [5.74, 6) is 2.02. The molecule has 2 aromatic carbocycles. The molecular weight excluding hydrogens is 372 g/mol. The normalized spacial score (nSPS) is 10.0. The van der Waals surface area contributed by atoms with Gasteiger partial charge in [0.05, 0.1) is 33.2 Å². The van der Waals surface area contributed by atoms with Gasteiger partial charge in [0.25, 0.3) is 0 Å². The first-order chi connectivity index (χ1) is 14.1. The van der Waals surface area contributed by atoms with Gasteiger partial charge in [0, 0.05) is 23.5 Å². The Labute approximate surface area is 168 Å². The first kappa shape index (κ1) is 19.8. The van der Waals surface area contributed by atoms with Crippen LogP contribution in [0.15, 0.2) is 60.8 Å². The maximum Gasteiger partial charge on any atom is 0.324 e. The minimum absolute atomic E-state index is 0.367. The van der Waals surface area contributed by atoms with E-state index in [1.165, 1.54) is 0 Å². The van der Waals surface area contributed by atoms with Crippen LogP contribution in [0, 0.1) is 0 Å². The van der Waals surface area contributed by atoms with E-state index < -0.39 is 0 Å². The third-order valence-corrected chi connectivity index (χ3v) is 3.99. The molecule has 150 valence electrons. The van der Waals surface area contributed by atoms with Crippen LogP contribution in [0.1, 0.15) is 0 Å². The quantitative estimate of drug-likeness (QED) is 0.546. The van der Waals surface area contributed by atoms with Crippen molar-refractivity contribution in [3.05, 3.63) is 60.8 Å². The fourth-order valence-corrected chi connectivity index (χ4v) is 2.66. The van der Waals surface area contributed by atoms with E-state index in [1.54, 1.807) is 63.9 Å². The lowest BCUT2D eigenvalue weighted by molar-refractivity contribution is 0.262. The molecule has 0 spiro atoms. The molecule has 3 aromatic rings. The van der Waals surface area contributed by atoms with Crippen LogP contribution in [0.25, 0.3) is 0 Å². The number of rotatable bonds is 7. The Bertz CT molecular complexity index is 937. The highest BCUT2D eigenvalue weighted by atomic mass is 16.5. The van der Waals surface area contributed by atoms with E-state index in [0.717, 1.165) is 11.4 Å². The van der Waals surface area contributed by atoms with Gasteiger partial charge in [-0.15, -0.1) is 0 Å². The van der Waals surface area contributed by atoms with Gasteiger partial charge in [-0.1, -0.05) is 18.2 Å². The smallest absolute Gasteiger partial charge is 0.324 e. The molecule has 0 aliphatic carbocycles. The highest BCUT2D eigenvalue weighted by Gasteiger charge is 2.13. The summed E-state index contributed by atoms with van der Waals surface area (Å²) >= 11 is 0. The first-order valence-corrected chi connectivity index (χ1v) is 8.79. The molecule has 3 rings (SSSR count). The number of carbonyl (C=O) groups excluding carboxylic acids is 1. The summed E-state index contributed by atoms with van der Waals surface area (Å²) in [5, 5.41) is 8.64. The molecule has 0 saturated carbocycles. The van der Waals surface area contributed by atoms with Crippen LogP contribution in [0.3, 0.4) is 0 Å². The van der Waals surface area contributed by atoms with Crippen molar-refractivity contribution in [1.29, 1.82) is 0 Å². The van der Waals surface area contributed by atoms with Gasteiger partial charge in [-0.05, 0) is 24.3 Å². The second-order valence-corrected chi connectivity index (χ2v) is 5.92. The lowest BCUT2D eigenvalue weighted by Gasteiger charge is -2.15. The van der Waals surface area contributed by atoms with E-state index in [2.05, 4.69) is 20.9 Å². The standard InChI is InChI=1S/C21H22N4O4/c1-27-17-11-16(12-18(28-2)20(17)29-3)23-15-9-10-19(22-13-15)25-21(26)24-14-7-5-4-6-8-14/h4-13,23H,1-3H3,(H2,22,24,25,26). The van der Waals surface area contributed by atoms with Crippen molar-refractivity contribution < 1.29 is 19.0 Å². The summed E-state index contributed by atoms with van der Waals surface area (Å²) in [5.41, 5.74) is 2.17. The van der Waals surface area contributed by atoms with E-state index in [4.69, 9.17) is 14.2 Å². The molecule has 0 atom stereocenters. The maximum atomic E-state index is 12.0. The van der Waals surface area contributed by atoms with Gasteiger partial charge in [-0.2, -0.15) is 0 Å². The number of hydrogen-bond donors (Lipinski definition) is 3. The van der Waals surface area contributed by atoms with Crippen LogP contribution in [-0.4, -0.2) is 32.3 Å². The van der Waals surface area contributed by atoms with Crippen LogP contribution < -0.4 is 30.2 Å². The number of urea groups is 1. The number of hydrogen-bond acceptors (Lipinski definition) is 6. The zero-order valence-electron chi connectivity index (χ0n) is 16.4. The summed E-state index contributed by atoms with van der Waals surface area (Å²) < 4.78 is 16.0. The minimum atomic E-state index is -0.367. The van der Waals surface area contributed by atoms with E-state index in [-0.39, 0.29) is 6.03 Å². The highest BCUT2D eigenvalue weighted by Crippen LogP contribution is 2.40. The Morgan fingerprint density at radius 1 is 0.793 bits per heavy atom. The van der Waals surface area contributed by atoms with Gasteiger partial charge in [0.15, 0.2) is 11.5 Å². The van der Waals surface area contributed by atoms with Crippen molar-refractivity contribution in [1.82, 2.24) is 4.98 Å². The number of pyridine rings is 1. The Hall–Kier alpha value is -3.94. The zero-order chi connectivity index (χ0) is 20.6. The van der Waals surface area contributed by atoms with Crippen LogP contribution in [0.5, 0.6) is 17.2 Å². The molecule has 1 aromatic heterocycles. The van der Waals surface area contributed by atoms with Crippen molar-refractivity contribution in [3.63, 3.8) is 0 Å². The third-order valence-electron chi connectivity index (χ3n) is 3.99. The van der Waals surface area contributed by atoms with Crippen LogP contribution in [0.2, 0.25) is 0 Å². The number of aromatic nitrogens is 1. The number of nitrogens with zero attached hydrogens (tertiary/aromatic N) is 1. The second kappa shape index (κ2) is 9.32. The van der Waals surface area contributed by atoms with Gasteiger partial charge in [-0.3, -0.25) is 5.32 Å². The van der Waals surface area contributed by atoms with E-state index in [0.29, 0.717) is 28.8 Å². The maximum absolute atomic E-state index is 12.0. The van der Waals surface area contributed by atoms with Crippen LogP contribution in [0.4, 0.5) is 27.7 Å². The Morgan fingerprint density at radius 3 is 2.03 bits per heavy atom. The molecule has 0 aliphatic heterocycles. The summed E-state index contributed by atoms with van der Waals surface area (Å²) in [4.78, 5) is 16.3. The number of anilines is 4. The second-order valence-electron chi connectivity index (χ2n) is 5.92. The molecule has 2 amide bonds. The average molecular weight is 394 g/mol. The summed E-state index contributed by atoms with van der Waals surface area (Å²) in [6.45, 7) is 0. The molecule has 29 heavy (non-hydrogen) atoms. The predicted octanol–water partition coefficient (Wildman–Crippen LogP) is 4.50. The first-order valence-electron chi connectivity index (χ1n) is 8.79. The highest BCUT2D eigenvalue weighted by molar-refractivity contribution is 5.99. The number of carbonyl (C=O) groups is 1. The van der Waals surface area contributed by atoms with Gasteiger partial charge >= 0.3 is 6.03 Å². The summed E-state index contributed by atoms with van der Waals surface area (Å²) in [6.07, 6.45) is 1.61. The van der Waals surface area contributed by atoms with Crippen LogP contribution in [-0.2, 0) is 0 Å². The Morgan fingerprint density at radius 2 is 1.48 bits per heavy atom. The number of ether oxygens (including phenoxy) is 3. The molecule has 0 saturated heterocycles. The molecule has 3 N–H and O–H groups in total. The summed E-state index contributed by atoms with van der Waals surface area (Å²) in [7, 11) is 4.67.